The summed E-state index contributed by atoms with van der Waals surface area (Å²) in [5.74, 6) is -0.142. The minimum Gasteiger partial charge on any atom is -0.358 e. The first-order valence-corrected chi connectivity index (χ1v) is 7.17. The first-order chi connectivity index (χ1) is 10.6. The Kier molecular flexibility index (Phi) is 3.47. The number of nitro groups is 1. The van der Waals surface area contributed by atoms with Gasteiger partial charge in [-0.25, -0.2) is 0 Å². The number of benzene rings is 1. The highest BCUT2D eigenvalue weighted by molar-refractivity contribution is 7.15. The fourth-order valence-corrected chi connectivity index (χ4v) is 2.73. The lowest BCUT2D eigenvalue weighted by Gasteiger charge is -2.05. The van der Waals surface area contributed by atoms with E-state index in [0.29, 0.717) is 16.2 Å². The number of nitrogens with zero attached hydrogens (tertiary/aromatic N) is 3. The van der Waals surface area contributed by atoms with Crippen LogP contribution >= 0.6 is 11.3 Å². The third-order valence-electron chi connectivity index (χ3n) is 3.05. The fourth-order valence-electron chi connectivity index (χ4n) is 2.02. The predicted molar refractivity (Wildman–Crippen MR) is 82.8 cm³/mol. The zero-order valence-electron chi connectivity index (χ0n) is 11.4. The van der Waals surface area contributed by atoms with Gasteiger partial charge in [0.15, 0.2) is 0 Å². The van der Waals surface area contributed by atoms with E-state index >= 15 is 0 Å². The molecule has 112 valence electrons. The first kappa shape index (κ1) is 14.0. The molecule has 9 heteroatoms. The SMILES string of the molecule is CNC(=O)c1ccc(Nc2nc3sccn3c2[N+](=O)[O-])cc1. The largest absolute Gasteiger partial charge is 0.373 e. The Balaban J connectivity index is 1.93. The van der Waals surface area contributed by atoms with Crippen LogP contribution in [-0.2, 0) is 0 Å². The van der Waals surface area contributed by atoms with Crippen LogP contribution in [0.2, 0.25) is 0 Å². The highest BCUT2D eigenvalue weighted by atomic mass is 32.1. The number of thiazole rings is 1. The average molecular weight is 317 g/mol. The molecule has 1 aromatic carbocycles. The summed E-state index contributed by atoms with van der Waals surface area (Å²) in [6, 6.07) is 6.60. The van der Waals surface area contributed by atoms with E-state index in [9.17, 15) is 14.9 Å². The summed E-state index contributed by atoms with van der Waals surface area (Å²) < 4.78 is 1.42. The predicted octanol–water partition coefficient (Wildman–Crippen LogP) is 2.41. The van der Waals surface area contributed by atoms with E-state index in [2.05, 4.69) is 15.6 Å². The number of carbonyl (C=O) groups is 1. The highest BCUT2D eigenvalue weighted by Gasteiger charge is 2.23. The van der Waals surface area contributed by atoms with E-state index in [4.69, 9.17) is 0 Å². The van der Waals surface area contributed by atoms with Gasteiger partial charge in [-0.1, -0.05) is 11.3 Å². The van der Waals surface area contributed by atoms with Crippen molar-refractivity contribution < 1.29 is 9.72 Å². The minimum atomic E-state index is -0.478. The summed E-state index contributed by atoms with van der Waals surface area (Å²) in [7, 11) is 1.55. The van der Waals surface area contributed by atoms with Crippen LogP contribution in [0.4, 0.5) is 17.3 Å². The molecule has 3 aromatic rings. The maximum Gasteiger partial charge on any atom is 0.373 e. The number of amides is 1. The number of carbonyl (C=O) groups excluding carboxylic acids is 1. The van der Waals surface area contributed by atoms with Crippen molar-refractivity contribution in [1.82, 2.24) is 14.7 Å². The lowest BCUT2D eigenvalue weighted by atomic mass is 10.2. The van der Waals surface area contributed by atoms with Crippen molar-refractivity contribution in [3.05, 3.63) is 51.5 Å². The van der Waals surface area contributed by atoms with Crippen LogP contribution in [-0.4, -0.2) is 27.3 Å². The Morgan fingerprint density at radius 3 is 2.73 bits per heavy atom. The molecule has 0 aliphatic carbocycles. The second-order valence-corrected chi connectivity index (χ2v) is 5.25. The van der Waals surface area contributed by atoms with Gasteiger partial charge in [0.1, 0.15) is 6.20 Å². The Bertz CT molecular complexity index is 852. The van der Waals surface area contributed by atoms with Crippen molar-refractivity contribution >= 4 is 39.5 Å². The number of nitrogens with one attached hydrogen (secondary N) is 2. The monoisotopic (exact) mass is 317 g/mol. The van der Waals surface area contributed by atoms with Crippen molar-refractivity contribution in [1.29, 1.82) is 0 Å². The van der Waals surface area contributed by atoms with E-state index < -0.39 is 4.92 Å². The number of imidazole rings is 1. The molecule has 0 bridgehead atoms. The Hall–Kier alpha value is -2.94. The number of rotatable bonds is 4. The third-order valence-corrected chi connectivity index (χ3v) is 3.80. The third kappa shape index (κ3) is 2.37. The van der Waals surface area contributed by atoms with Crippen LogP contribution in [0.5, 0.6) is 0 Å². The summed E-state index contributed by atoms with van der Waals surface area (Å²) in [4.78, 5) is 27.0. The lowest BCUT2D eigenvalue weighted by Crippen LogP contribution is -2.17. The van der Waals surface area contributed by atoms with Gasteiger partial charge in [-0.05, 0) is 29.2 Å². The van der Waals surface area contributed by atoms with E-state index in [-0.39, 0.29) is 17.5 Å². The Morgan fingerprint density at radius 1 is 1.36 bits per heavy atom. The minimum absolute atomic E-state index is 0.119. The van der Waals surface area contributed by atoms with Gasteiger partial charge in [0.2, 0.25) is 5.82 Å². The molecule has 2 heterocycles. The maximum atomic E-state index is 11.5. The molecule has 0 saturated heterocycles. The molecule has 0 aliphatic rings. The van der Waals surface area contributed by atoms with Crippen LogP contribution in [0.3, 0.4) is 0 Å². The first-order valence-electron chi connectivity index (χ1n) is 6.29. The maximum absolute atomic E-state index is 11.5. The zero-order valence-corrected chi connectivity index (χ0v) is 12.3. The second kappa shape index (κ2) is 5.45. The van der Waals surface area contributed by atoms with Gasteiger partial charge in [-0.2, -0.15) is 9.38 Å². The van der Waals surface area contributed by atoms with E-state index in [1.807, 2.05) is 0 Å². The molecule has 22 heavy (non-hydrogen) atoms. The van der Waals surface area contributed by atoms with Gasteiger partial charge in [-0.15, -0.1) is 0 Å². The summed E-state index contributed by atoms with van der Waals surface area (Å²) >= 11 is 1.31. The molecule has 1 amide bonds. The normalized spacial score (nSPS) is 10.6. The van der Waals surface area contributed by atoms with Crippen molar-refractivity contribution in [3.8, 4) is 0 Å². The molecule has 2 aromatic heterocycles. The van der Waals surface area contributed by atoms with Gasteiger partial charge < -0.3 is 20.7 Å². The van der Waals surface area contributed by atoms with Crippen LogP contribution < -0.4 is 10.6 Å². The molecule has 0 fully saturated rings. The Morgan fingerprint density at radius 2 is 2.09 bits per heavy atom. The molecule has 0 spiro atoms. The highest BCUT2D eigenvalue weighted by Crippen LogP contribution is 2.30. The molecule has 0 atom stereocenters. The quantitative estimate of drug-likeness (QED) is 0.568. The molecule has 0 unspecified atom stereocenters. The number of fused-ring (bicyclic) bond motifs is 1. The van der Waals surface area contributed by atoms with E-state index in [1.54, 1.807) is 42.9 Å². The second-order valence-electron chi connectivity index (χ2n) is 4.38. The van der Waals surface area contributed by atoms with E-state index in [1.165, 1.54) is 15.7 Å². The lowest BCUT2D eigenvalue weighted by molar-refractivity contribution is -0.389. The number of anilines is 2. The number of aromatic nitrogens is 2. The summed E-state index contributed by atoms with van der Waals surface area (Å²) in [5.41, 5.74) is 1.12. The van der Waals surface area contributed by atoms with Crippen molar-refractivity contribution in [2.24, 2.45) is 0 Å². The molecule has 0 radical (unpaired) electrons. The molecule has 0 aliphatic heterocycles. The van der Waals surface area contributed by atoms with Gasteiger partial charge in [-0.3, -0.25) is 4.79 Å². The molecular weight excluding hydrogens is 306 g/mol. The van der Waals surface area contributed by atoms with Crippen molar-refractivity contribution in [2.75, 3.05) is 12.4 Å². The van der Waals surface area contributed by atoms with Crippen LogP contribution in [0, 0.1) is 10.1 Å². The van der Waals surface area contributed by atoms with Gasteiger partial charge in [0.25, 0.3) is 10.9 Å². The van der Waals surface area contributed by atoms with Crippen LogP contribution in [0.25, 0.3) is 4.96 Å². The van der Waals surface area contributed by atoms with Crippen LogP contribution in [0.1, 0.15) is 10.4 Å². The Labute approximate surface area is 128 Å². The standard InChI is InChI=1S/C13H11N5O3S/c1-14-11(19)8-2-4-9(5-3-8)15-10-12(18(20)21)17-6-7-22-13(17)16-10/h2-7,15H,1H3,(H,14,19). The fraction of sp³-hybridized carbons (Fsp3) is 0.0769. The van der Waals surface area contributed by atoms with Gasteiger partial charge in [0, 0.05) is 23.7 Å². The smallest absolute Gasteiger partial charge is 0.358 e. The number of hydrogen-bond donors (Lipinski definition) is 2. The van der Waals surface area contributed by atoms with Gasteiger partial charge in [0.05, 0.1) is 0 Å². The van der Waals surface area contributed by atoms with E-state index in [0.717, 1.165) is 0 Å². The summed E-state index contributed by atoms with van der Waals surface area (Å²) in [5, 5.41) is 18.4. The molecule has 0 saturated carbocycles. The van der Waals surface area contributed by atoms with Crippen molar-refractivity contribution in [3.63, 3.8) is 0 Å². The van der Waals surface area contributed by atoms with Crippen molar-refractivity contribution in [2.45, 2.75) is 0 Å². The van der Waals surface area contributed by atoms with Crippen LogP contribution in [0.15, 0.2) is 35.8 Å². The molecule has 3 rings (SSSR count). The molecule has 8 nitrogen and oxygen atoms in total. The zero-order chi connectivity index (χ0) is 15.7. The van der Waals surface area contributed by atoms with Gasteiger partial charge >= 0.3 is 5.82 Å². The summed E-state index contributed by atoms with van der Waals surface area (Å²) in [6.45, 7) is 0. The topological polar surface area (TPSA) is 102 Å². The summed E-state index contributed by atoms with van der Waals surface area (Å²) in [6.07, 6.45) is 1.60. The number of hydrogen-bond acceptors (Lipinski definition) is 6. The average Bonchev–Trinajstić information content (AvgIpc) is 3.07. The molecule has 2 N–H and O–H groups in total. The molecular formula is C13H11N5O3S.